The van der Waals surface area contributed by atoms with E-state index < -0.39 is 6.10 Å². The quantitative estimate of drug-likeness (QED) is 0.599. The van der Waals surface area contributed by atoms with Gasteiger partial charge in [0.05, 0.1) is 12.7 Å². The minimum atomic E-state index is -0.573. The molecule has 0 aromatic heterocycles. The zero-order chi connectivity index (χ0) is 19.9. The standard InChI is InChI=1S/C23H28ClNO3.ClH/c1-2-28-23(27)11-7-16-6-8-17-9-10-21(14-19(17)12-16)25-15-22(26)18-4-3-5-20(24)13-18;/h3-6,8,12-13,21-22,25-26H,2,7,9-11,14-15H2,1H3;1H. The summed E-state index contributed by atoms with van der Waals surface area (Å²) in [5.41, 5.74) is 4.72. The first-order valence-electron chi connectivity index (χ1n) is 9.98. The summed E-state index contributed by atoms with van der Waals surface area (Å²) in [7, 11) is 0. The van der Waals surface area contributed by atoms with Crippen LogP contribution in [-0.2, 0) is 28.8 Å². The fourth-order valence-electron chi connectivity index (χ4n) is 3.73. The van der Waals surface area contributed by atoms with Crippen LogP contribution in [0.25, 0.3) is 0 Å². The summed E-state index contributed by atoms with van der Waals surface area (Å²) in [6.45, 7) is 2.76. The number of carbonyl (C=O) groups is 1. The fraction of sp³-hybridized carbons (Fsp3) is 0.435. The van der Waals surface area contributed by atoms with E-state index in [9.17, 15) is 9.90 Å². The molecular formula is C23H29Cl2NO3. The van der Waals surface area contributed by atoms with Crippen LogP contribution in [0.2, 0.25) is 5.02 Å². The number of rotatable bonds is 8. The third kappa shape index (κ3) is 7.00. The van der Waals surface area contributed by atoms with E-state index in [1.165, 1.54) is 16.7 Å². The molecule has 6 heteroatoms. The molecule has 2 atom stereocenters. The van der Waals surface area contributed by atoms with Crippen LogP contribution in [0.4, 0.5) is 0 Å². The fourth-order valence-corrected chi connectivity index (χ4v) is 3.93. The largest absolute Gasteiger partial charge is 0.466 e. The number of benzene rings is 2. The van der Waals surface area contributed by atoms with Crippen LogP contribution < -0.4 is 5.32 Å². The van der Waals surface area contributed by atoms with Gasteiger partial charge in [0.25, 0.3) is 0 Å². The Kier molecular flexibility index (Phi) is 9.44. The summed E-state index contributed by atoms with van der Waals surface area (Å²) in [5.74, 6) is -0.144. The maximum Gasteiger partial charge on any atom is 0.306 e. The average Bonchev–Trinajstić information content (AvgIpc) is 2.70. The van der Waals surface area contributed by atoms with Crippen molar-refractivity contribution in [1.29, 1.82) is 0 Å². The average molecular weight is 438 g/mol. The van der Waals surface area contributed by atoms with Crippen molar-refractivity contribution in [2.75, 3.05) is 13.2 Å². The molecule has 0 aliphatic heterocycles. The van der Waals surface area contributed by atoms with Gasteiger partial charge in [0, 0.05) is 24.0 Å². The number of aryl methyl sites for hydroxylation is 2. The van der Waals surface area contributed by atoms with Gasteiger partial charge < -0.3 is 15.2 Å². The van der Waals surface area contributed by atoms with E-state index in [0.717, 1.165) is 24.8 Å². The van der Waals surface area contributed by atoms with Crippen LogP contribution >= 0.6 is 24.0 Å². The Morgan fingerprint density at radius 2 is 2.10 bits per heavy atom. The summed E-state index contributed by atoms with van der Waals surface area (Å²) < 4.78 is 5.01. The van der Waals surface area contributed by atoms with E-state index in [1.807, 2.05) is 25.1 Å². The van der Waals surface area contributed by atoms with E-state index in [-0.39, 0.29) is 18.4 Å². The first-order valence-corrected chi connectivity index (χ1v) is 10.4. The highest BCUT2D eigenvalue weighted by atomic mass is 35.5. The van der Waals surface area contributed by atoms with Gasteiger partial charge in [-0.2, -0.15) is 0 Å². The highest BCUT2D eigenvalue weighted by molar-refractivity contribution is 6.30. The third-order valence-corrected chi connectivity index (χ3v) is 5.49. The SMILES string of the molecule is CCOC(=O)CCc1ccc2c(c1)CC(NCC(O)c1cccc(Cl)c1)CC2.Cl. The van der Waals surface area contributed by atoms with Gasteiger partial charge in [-0.1, -0.05) is 41.9 Å². The Balaban J connectivity index is 0.00000300. The molecule has 0 saturated heterocycles. The van der Waals surface area contributed by atoms with Crippen LogP contribution in [0.1, 0.15) is 48.1 Å². The predicted octanol–water partition coefficient (Wildman–Crippen LogP) is 4.44. The van der Waals surface area contributed by atoms with Crippen molar-refractivity contribution in [2.24, 2.45) is 0 Å². The smallest absolute Gasteiger partial charge is 0.306 e. The maximum atomic E-state index is 11.6. The van der Waals surface area contributed by atoms with E-state index in [2.05, 4.69) is 23.5 Å². The molecule has 1 aliphatic carbocycles. The molecule has 0 radical (unpaired) electrons. The number of hydrogen-bond acceptors (Lipinski definition) is 4. The van der Waals surface area contributed by atoms with Gasteiger partial charge in [0.1, 0.15) is 0 Å². The van der Waals surface area contributed by atoms with E-state index >= 15 is 0 Å². The van der Waals surface area contributed by atoms with Crippen LogP contribution in [0.3, 0.4) is 0 Å². The first-order chi connectivity index (χ1) is 13.5. The molecule has 0 spiro atoms. The van der Waals surface area contributed by atoms with Gasteiger partial charge in [-0.05, 0) is 67.0 Å². The van der Waals surface area contributed by atoms with E-state index in [4.69, 9.17) is 16.3 Å². The molecule has 3 rings (SSSR count). The monoisotopic (exact) mass is 437 g/mol. The lowest BCUT2D eigenvalue weighted by Gasteiger charge is -2.27. The topological polar surface area (TPSA) is 58.6 Å². The van der Waals surface area contributed by atoms with E-state index in [0.29, 0.717) is 37.1 Å². The lowest BCUT2D eigenvalue weighted by Crippen LogP contribution is -2.37. The molecule has 1 aliphatic rings. The van der Waals surface area contributed by atoms with Gasteiger partial charge in [0.2, 0.25) is 0 Å². The lowest BCUT2D eigenvalue weighted by molar-refractivity contribution is -0.143. The van der Waals surface area contributed by atoms with Crippen LogP contribution in [0.5, 0.6) is 0 Å². The normalized spacial score (nSPS) is 16.4. The second-order valence-corrected chi connectivity index (χ2v) is 7.76. The van der Waals surface area contributed by atoms with Crippen molar-refractivity contribution in [3.63, 3.8) is 0 Å². The number of halogens is 2. The zero-order valence-corrected chi connectivity index (χ0v) is 18.3. The molecule has 2 unspecified atom stereocenters. The predicted molar refractivity (Wildman–Crippen MR) is 119 cm³/mol. The van der Waals surface area contributed by atoms with Crippen molar-refractivity contribution >= 4 is 30.0 Å². The summed E-state index contributed by atoms with van der Waals surface area (Å²) in [6.07, 6.45) is 3.56. The molecule has 2 N–H and O–H groups in total. The second-order valence-electron chi connectivity index (χ2n) is 7.33. The number of nitrogens with one attached hydrogen (secondary N) is 1. The molecule has 0 heterocycles. The van der Waals surface area contributed by atoms with Gasteiger partial charge in [-0.3, -0.25) is 4.79 Å². The van der Waals surface area contributed by atoms with Crippen molar-refractivity contribution in [2.45, 2.75) is 51.2 Å². The van der Waals surface area contributed by atoms with Gasteiger partial charge in [0.15, 0.2) is 0 Å². The molecule has 158 valence electrons. The maximum absolute atomic E-state index is 11.6. The number of fused-ring (bicyclic) bond motifs is 1. The molecule has 4 nitrogen and oxygen atoms in total. The minimum Gasteiger partial charge on any atom is -0.466 e. The highest BCUT2D eigenvalue weighted by Gasteiger charge is 2.20. The molecule has 0 bridgehead atoms. The number of aliphatic hydroxyl groups excluding tert-OH is 1. The minimum absolute atomic E-state index is 0. The number of hydrogen-bond donors (Lipinski definition) is 2. The highest BCUT2D eigenvalue weighted by Crippen LogP contribution is 2.24. The van der Waals surface area contributed by atoms with Crippen molar-refractivity contribution in [3.8, 4) is 0 Å². The lowest BCUT2D eigenvalue weighted by atomic mass is 9.86. The first kappa shape index (κ1) is 23.7. The molecule has 0 saturated carbocycles. The Labute approximate surface area is 184 Å². The summed E-state index contributed by atoms with van der Waals surface area (Å²) >= 11 is 6.01. The van der Waals surface area contributed by atoms with Crippen molar-refractivity contribution in [3.05, 3.63) is 69.7 Å². The van der Waals surface area contributed by atoms with Crippen LogP contribution in [0, 0.1) is 0 Å². The number of esters is 1. The summed E-state index contributed by atoms with van der Waals surface area (Å²) in [6, 6.07) is 14.2. The van der Waals surface area contributed by atoms with Gasteiger partial charge >= 0.3 is 5.97 Å². The second kappa shape index (κ2) is 11.6. The molecule has 29 heavy (non-hydrogen) atoms. The van der Waals surface area contributed by atoms with E-state index in [1.54, 1.807) is 6.07 Å². The summed E-state index contributed by atoms with van der Waals surface area (Å²) in [5, 5.41) is 14.6. The number of aliphatic hydroxyl groups is 1. The molecule has 0 fully saturated rings. The zero-order valence-electron chi connectivity index (χ0n) is 16.7. The molecule has 2 aromatic rings. The third-order valence-electron chi connectivity index (χ3n) is 5.26. The van der Waals surface area contributed by atoms with Gasteiger partial charge in [-0.15, -0.1) is 12.4 Å². The van der Waals surface area contributed by atoms with Crippen molar-refractivity contribution < 1.29 is 14.6 Å². The Morgan fingerprint density at radius 1 is 1.28 bits per heavy atom. The summed E-state index contributed by atoms with van der Waals surface area (Å²) in [4.78, 5) is 11.6. The van der Waals surface area contributed by atoms with Crippen LogP contribution in [0.15, 0.2) is 42.5 Å². The Bertz CT molecular complexity index is 812. The Hall–Kier alpha value is -1.59. The van der Waals surface area contributed by atoms with Crippen molar-refractivity contribution in [1.82, 2.24) is 5.32 Å². The Morgan fingerprint density at radius 3 is 2.86 bits per heavy atom. The van der Waals surface area contributed by atoms with Gasteiger partial charge in [-0.25, -0.2) is 0 Å². The molecule has 0 amide bonds. The number of carbonyl (C=O) groups excluding carboxylic acids is 1. The van der Waals surface area contributed by atoms with Crippen LogP contribution in [-0.4, -0.2) is 30.3 Å². The molecule has 2 aromatic carbocycles. The number of ether oxygens (including phenoxy) is 1. The molecular weight excluding hydrogens is 409 g/mol.